The summed E-state index contributed by atoms with van der Waals surface area (Å²) >= 11 is 0. The second-order valence-corrected chi connectivity index (χ2v) is 5.95. The van der Waals surface area contributed by atoms with Gasteiger partial charge < -0.3 is 15.8 Å². The predicted octanol–water partition coefficient (Wildman–Crippen LogP) is 3.36. The number of ether oxygens (including phenoxy) is 1. The Morgan fingerprint density at radius 2 is 1.71 bits per heavy atom. The quantitative estimate of drug-likeness (QED) is 0.885. The van der Waals surface area contributed by atoms with Gasteiger partial charge in [-0.1, -0.05) is 12.1 Å². The third-order valence-electron chi connectivity index (χ3n) is 4.11. The second kappa shape index (κ2) is 7.17. The Bertz CT molecular complexity index is 752. The lowest BCUT2D eigenvalue weighted by molar-refractivity contribution is 0.1000. The number of rotatable bonds is 5. The Balaban J connectivity index is 1.69. The van der Waals surface area contributed by atoms with Gasteiger partial charge >= 0.3 is 0 Å². The van der Waals surface area contributed by atoms with E-state index in [-0.39, 0.29) is 12.0 Å². The van der Waals surface area contributed by atoms with Gasteiger partial charge in [-0.15, -0.1) is 0 Å². The summed E-state index contributed by atoms with van der Waals surface area (Å²) in [5.41, 5.74) is 6.59. The summed E-state index contributed by atoms with van der Waals surface area (Å²) in [6.45, 7) is 0. The molecule has 1 saturated carbocycles. The van der Waals surface area contributed by atoms with Crippen LogP contribution in [0.3, 0.4) is 0 Å². The van der Waals surface area contributed by atoms with E-state index < -0.39 is 5.91 Å². The number of carbonyl (C=O) groups is 2. The monoisotopic (exact) mass is 324 g/mol. The van der Waals surface area contributed by atoms with Gasteiger partial charge in [0.1, 0.15) is 5.75 Å². The van der Waals surface area contributed by atoms with Crippen molar-refractivity contribution in [2.24, 2.45) is 5.73 Å². The van der Waals surface area contributed by atoms with Crippen LogP contribution >= 0.6 is 0 Å². The predicted molar refractivity (Wildman–Crippen MR) is 92.2 cm³/mol. The minimum absolute atomic E-state index is 0.267. The lowest BCUT2D eigenvalue weighted by atomic mass is 10.1. The molecule has 3 rings (SSSR count). The third-order valence-corrected chi connectivity index (χ3v) is 4.11. The Morgan fingerprint density at radius 1 is 1.00 bits per heavy atom. The number of carbonyl (C=O) groups excluding carboxylic acids is 2. The highest BCUT2D eigenvalue weighted by molar-refractivity contribution is 6.06. The van der Waals surface area contributed by atoms with E-state index in [0.717, 1.165) is 18.6 Å². The van der Waals surface area contributed by atoms with Gasteiger partial charge in [-0.2, -0.15) is 0 Å². The first-order valence-electron chi connectivity index (χ1n) is 8.10. The van der Waals surface area contributed by atoms with Crippen LogP contribution in [-0.2, 0) is 0 Å². The zero-order valence-corrected chi connectivity index (χ0v) is 13.3. The Hall–Kier alpha value is -2.82. The van der Waals surface area contributed by atoms with Gasteiger partial charge in [0.25, 0.3) is 5.91 Å². The van der Waals surface area contributed by atoms with Crippen LogP contribution < -0.4 is 15.8 Å². The molecule has 0 radical (unpaired) electrons. The van der Waals surface area contributed by atoms with Crippen molar-refractivity contribution in [2.75, 3.05) is 5.32 Å². The summed E-state index contributed by atoms with van der Waals surface area (Å²) in [5.74, 6) is -0.0988. The molecule has 0 spiro atoms. The molecule has 3 N–H and O–H groups in total. The number of hydrogen-bond acceptors (Lipinski definition) is 3. The molecule has 2 amide bonds. The summed E-state index contributed by atoms with van der Waals surface area (Å²) in [6.07, 6.45) is 4.84. The third kappa shape index (κ3) is 3.93. The molecule has 0 aromatic heterocycles. The van der Waals surface area contributed by atoms with E-state index in [1.165, 1.54) is 18.9 Å². The molecule has 1 aliphatic carbocycles. The van der Waals surface area contributed by atoms with E-state index in [4.69, 9.17) is 10.5 Å². The van der Waals surface area contributed by atoms with Gasteiger partial charge in [0, 0.05) is 22.9 Å². The van der Waals surface area contributed by atoms with Crippen LogP contribution in [0.4, 0.5) is 5.69 Å². The van der Waals surface area contributed by atoms with Crippen LogP contribution in [0, 0.1) is 0 Å². The first-order chi connectivity index (χ1) is 11.6. The fraction of sp³-hybridized carbons (Fsp3) is 0.263. The maximum Gasteiger partial charge on any atom is 0.255 e. The largest absolute Gasteiger partial charge is 0.490 e. The number of anilines is 1. The summed E-state index contributed by atoms with van der Waals surface area (Å²) in [7, 11) is 0. The van der Waals surface area contributed by atoms with Gasteiger partial charge in [-0.3, -0.25) is 9.59 Å². The standard InChI is InChI=1S/C19H20N2O3/c20-18(22)13-5-3-6-14(11-13)19(23)21-15-7-4-10-17(12-15)24-16-8-1-2-9-16/h3-7,10-12,16H,1-2,8-9H2,(H2,20,22)(H,21,23). The maximum atomic E-state index is 12.3. The summed E-state index contributed by atoms with van der Waals surface area (Å²) < 4.78 is 5.94. The van der Waals surface area contributed by atoms with Gasteiger partial charge in [0.05, 0.1) is 6.10 Å². The molecule has 2 aromatic rings. The molecular formula is C19H20N2O3. The highest BCUT2D eigenvalue weighted by atomic mass is 16.5. The molecule has 1 aliphatic rings. The smallest absolute Gasteiger partial charge is 0.255 e. The molecule has 5 nitrogen and oxygen atoms in total. The maximum absolute atomic E-state index is 12.3. The fourth-order valence-electron chi connectivity index (χ4n) is 2.86. The van der Waals surface area contributed by atoms with Crippen molar-refractivity contribution in [1.82, 2.24) is 0 Å². The van der Waals surface area contributed by atoms with Gasteiger partial charge in [-0.25, -0.2) is 0 Å². The van der Waals surface area contributed by atoms with Crippen molar-refractivity contribution in [3.05, 3.63) is 59.7 Å². The van der Waals surface area contributed by atoms with Crippen LogP contribution in [0.25, 0.3) is 0 Å². The first-order valence-corrected chi connectivity index (χ1v) is 8.10. The highest BCUT2D eigenvalue weighted by Crippen LogP contribution is 2.26. The number of hydrogen-bond donors (Lipinski definition) is 2. The van der Waals surface area contributed by atoms with Gasteiger partial charge in [0.2, 0.25) is 5.91 Å². The lowest BCUT2D eigenvalue weighted by Crippen LogP contribution is -2.15. The molecule has 0 heterocycles. The van der Waals surface area contributed by atoms with Crippen LogP contribution in [0.15, 0.2) is 48.5 Å². The van der Waals surface area contributed by atoms with Crippen molar-refractivity contribution < 1.29 is 14.3 Å². The van der Waals surface area contributed by atoms with Crippen molar-refractivity contribution in [3.8, 4) is 5.75 Å². The highest BCUT2D eigenvalue weighted by Gasteiger charge is 2.16. The normalized spacial score (nSPS) is 14.3. The summed E-state index contributed by atoms with van der Waals surface area (Å²) in [5, 5.41) is 2.82. The summed E-state index contributed by atoms with van der Waals surface area (Å²) in [6, 6.07) is 13.7. The molecule has 2 aromatic carbocycles. The minimum Gasteiger partial charge on any atom is -0.490 e. The van der Waals surface area contributed by atoms with E-state index in [0.29, 0.717) is 16.8 Å². The molecule has 0 unspecified atom stereocenters. The Kier molecular flexibility index (Phi) is 4.79. The SMILES string of the molecule is NC(=O)c1cccc(C(=O)Nc2cccc(OC3CCCC3)c2)c1. The van der Waals surface area contributed by atoms with Crippen molar-refractivity contribution >= 4 is 17.5 Å². The second-order valence-electron chi connectivity index (χ2n) is 5.95. The first kappa shape index (κ1) is 16.1. The molecule has 5 heteroatoms. The lowest BCUT2D eigenvalue weighted by Gasteiger charge is -2.14. The molecule has 0 aliphatic heterocycles. The number of amides is 2. The molecular weight excluding hydrogens is 304 g/mol. The molecule has 124 valence electrons. The Morgan fingerprint density at radius 3 is 2.46 bits per heavy atom. The molecule has 0 atom stereocenters. The van der Waals surface area contributed by atoms with Crippen LogP contribution in [0.1, 0.15) is 46.4 Å². The summed E-state index contributed by atoms with van der Waals surface area (Å²) in [4.78, 5) is 23.6. The topological polar surface area (TPSA) is 81.4 Å². The Labute approximate surface area is 140 Å². The van der Waals surface area contributed by atoms with Gasteiger partial charge in [0.15, 0.2) is 0 Å². The number of nitrogens with two attached hydrogens (primary N) is 1. The molecule has 24 heavy (non-hydrogen) atoms. The number of primary amides is 1. The fourth-order valence-corrected chi connectivity index (χ4v) is 2.86. The average Bonchev–Trinajstić information content (AvgIpc) is 3.08. The zero-order valence-electron chi connectivity index (χ0n) is 13.3. The van der Waals surface area contributed by atoms with E-state index in [2.05, 4.69) is 5.32 Å². The number of benzene rings is 2. The van der Waals surface area contributed by atoms with Crippen LogP contribution in [0.2, 0.25) is 0 Å². The van der Waals surface area contributed by atoms with Crippen LogP contribution in [0.5, 0.6) is 5.75 Å². The molecule has 0 bridgehead atoms. The van der Waals surface area contributed by atoms with Crippen molar-refractivity contribution in [1.29, 1.82) is 0 Å². The molecule has 1 fully saturated rings. The zero-order chi connectivity index (χ0) is 16.9. The van der Waals surface area contributed by atoms with Crippen molar-refractivity contribution in [2.45, 2.75) is 31.8 Å². The molecule has 0 saturated heterocycles. The van der Waals surface area contributed by atoms with Gasteiger partial charge in [-0.05, 0) is 56.0 Å². The van der Waals surface area contributed by atoms with Crippen LogP contribution in [-0.4, -0.2) is 17.9 Å². The van der Waals surface area contributed by atoms with E-state index >= 15 is 0 Å². The number of nitrogens with one attached hydrogen (secondary N) is 1. The minimum atomic E-state index is -0.559. The van der Waals surface area contributed by atoms with E-state index in [1.807, 2.05) is 18.2 Å². The van der Waals surface area contributed by atoms with E-state index in [1.54, 1.807) is 24.3 Å². The van der Waals surface area contributed by atoms with E-state index in [9.17, 15) is 9.59 Å². The van der Waals surface area contributed by atoms with Crippen molar-refractivity contribution in [3.63, 3.8) is 0 Å². The average molecular weight is 324 g/mol.